The monoisotopic (exact) mass is 405 g/mol. The van der Waals surface area contributed by atoms with E-state index in [9.17, 15) is 24.3 Å². The first-order valence-corrected chi connectivity index (χ1v) is 9.92. The van der Waals surface area contributed by atoms with E-state index in [1.165, 1.54) is 18.2 Å². The lowest BCUT2D eigenvalue weighted by molar-refractivity contribution is -0.132. The van der Waals surface area contributed by atoms with Crippen molar-refractivity contribution < 1.29 is 24.2 Å². The van der Waals surface area contributed by atoms with Gasteiger partial charge in [-0.25, -0.2) is 0 Å². The van der Waals surface area contributed by atoms with Crippen molar-refractivity contribution in [3.8, 4) is 0 Å². The topological polar surface area (TPSA) is 141 Å². The van der Waals surface area contributed by atoms with Gasteiger partial charge in [-0.3, -0.25) is 19.2 Å². The summed E-state index contributed by atoms with van der Waals surface area (Å²) >= 11 is 0. The first kappa shape index (κ1) is 21.2. The molecule has 3 unspecified atom stereocenters. The van der Waals surface area contributed by atoms with Gasteiger partial charge in [-0.1, -0.05) is 31.7 Å². The number of aromatic nitrogens is 1. The average molecular weight is 405 g/mol. The van der Waals surface area contributed by atoms with E-state index in [0.717, 1.165) is 25.7 Å². The molecule has 2 aliphatic rings. The highest BCUT2D eigenvalue weighted by Crippen LogP contribution is 2.33. The van der Waals surface area contributed by atoms with E-state index < -0.39 is 41.7 Å². The fourth-order valence-corrected chi connectivity index (χ4v) is 3.71. The Hall–Kier alpha value is -2.52. The highest BCUT2D eigenvalue weighted by atomic mass is 16.6. The molecule has 2 amide bonds. The number of Topliss-reactive ketones (excluding diaryl/α,β-unsaturated/α-hetero) is 1. The van der Waals surface area contributed by atoms with Gasteiger partial charge in [-0.2, -0.15) is 0 Å². The van der Waals surface area contributed by atoms with Gasteiger partial charge >= 0.3 is 0 Å². The molecule has 1 saturated heterocycles. The number of carbonyl (C=O) groups is 3. The van der Waals surface area contributed by atoms with Crippen LogP contribution in [0.5, 0.6) is 0 Å². The summed E-state index contributed by atoms with van der Waals surface area (Å²) in [7, 11) is 0. The maximum absolute atomic E-state index is 12.8. The van der Waals surface area contributed by atoms with Crippen molar-refractivity contribution in [3.63, 3.8) is 0 Å². The lowest BCUT2D eigenvalue weighted by atomic mass is 9.91. The molecule has 9 nitrogen and oxygen atoms in total. The van der Waals surface area contributed by atoms with Crippen LogP contribution < -0.4 is 16.2 Å². The molecule has 3 rings (SSSR count). The molecule has 1 aromatic rings. The van der Waals surface area contributed by atoms with Gasteiger partial charge < -0.3 is 25.5 Å². The van der Waals surface area contributed by atoms with Crippen LogP contribution in [-0.2, 0) is 14.3 Å². The van der Waals surface area contributed by atoms with Crippen molar-refractivity contribution in [2.75, 3.05) is 13.2 Å². The molecule has 29 heavy (non-hydrogen) atoms. The predicted octanol–water partition coefficient (Wildman–Crippen LogP) is -0.111. The van der Waals surface area contributed by atoms with E-state index in [4.69, 9.17) is 4.74 Å². The molecule has 2 heterocycles. The zero-order chi connectivity index (χ0) is 21.0. The number of ketones is 1. The van der Waals surface area contributed by atoms with Crippen LogP contribution in [0.15, 0.2) is 23.0 Å². The molecule has 0 spiro atoms. The number of hydrogen-bond donors (Lipinski definition) is 4. The summed E-state index contributed by atoms with van der Waals surface area (Å²) in [5.41, 5.74) is -1.36. The Bertz CT molecular complexity index is 826. The molecule has 158 valence electrons. The Morgan fingerprint density at radius 2 is 1.93 bits per heavy atom. The van der Waals surface area contributed by atoms with Gasteiger partial charge in [-0.15, -0.1) is 0 Å². The summed E-state index contributed by atoms with van der Waals surface area (Å²) in [6.07, 6.45) is 4.76. The van der Waals surface area contributed by atoms with Crippen LogP contribution in [0.4, 0.5) is 0 Å². The minimum Gasteiger partial charge on any atom is -0.394 e. The predicted molar refractivity (Wildman–Crippen MR) is 103 cm³/mol. The molecular formula is C20H27N3O6. The van der Waals surface area contributed by atoms with Gasteiger partial charge in [0.25, 0.3) is 5.91 Å². The summed E-state index contributed by atoms with van der Waals surface area (Å²) < 4.78 is 5.25. The number of amides is 2. The molecule has 0 bridgehead atoms. The molecule has 2 fully saturated rings. The number of H-pyrrole nitrogens is 1. The maximum atomic E-state index is 12.8. The molecule has 4 N–H and O–H groups in total. The molecule has 1 aliphatic heterocycles. The Labute approximate surface area is 168 Å². The molecule has 1 aliphatic carbocycles. The van der Waals surface area contributed by atoms with Crippen LogP contribution in [0.1, 0.15) is 49.5 Å². The number of epoxide rings is 1. The highest BCUT2D eigenvalue weighted by Gasteiger charge is 2.50. The van der Waals surface area contributed by atoms with E-state index in [0.29, 0.717) is 18.9 Å². The molecule has 9 heteroatoms. The second kappa shape index (κ2) is 8.87. The van der Waals surface area contributed by atoms with Gasteiger partial charge in [0.15, 0.2) is 5.78 Å². The molecule has 0 aromatic carbocycles. The third-order valence-electron chi connectivity index (χ3n) is 5.59. The van der Waals surface area contributed by atoms with Crippen molar-refractivity contribution >= 4 is 17.6 Å². The number of pyridine rings is 1. The number of aromatic amines is 1. The molecule has 3 atom stereocenters. The van der Waals surface area contributed by atoms with Gasteiger partial charge in [0, 0.05) is 6.07 Å². The van der Waals surface area contributed by atoms with Crippen LogP contribution in [-0.4, -0.2) is 58.6 Å². The fraction of sp³-hybridized carbons (Fsp3) is 0.600. The van der Waals surface area contributed by atoms with E-state index in [1.54, 1.807) is 6.92 Å². The van der Waals surface area contributed by atoms with Crippen molar-refractivity contribution in [2.24, 2.45) is 5.92 Å². The van der Waals surface area contributed by atoms with E-state index in [1.807, 2.05) is 0 Å². The number of carbonyl (C=O) groups excluding carboxylic acids is 3. The standard InChI is InChI=1S/C20H27N3O6/c1-20(11-29-20)17(26)14(9-12-5-2-3-6-12)22-19(28)15(10-24)23-18(27)13-7-4-8-16(25)21-13/h4,7-8,12,14-15,24H,2-3,5-6,9-11H2,1H3,(H,21,25)(H,22,28)(H,23,27). The third-order valence-corrected chi connectivity index (χ3v) is 5.59. The number of ether oxygens (including phenoxy) is 1. The van der Waals surface area contributed by atoms with E-state index >= 15 is 0 Å². The SMILES string of the molecule is CC1(C(=O)C(CC2CCCC2)NC(=O)C(CO)NC(=O)c2cccc(=O)[nH]2)CO1. The van der Waals surface area contributed by atoms with Crippen molar-refractivity contribution in [1.82, 2.24) is 15.6 Å². The summed E-state index contributed by atoms with van der Waals surface area (Å²) in [6, 6.07) is 2.07. The maximum Gasteiger partial charge on any atom is 0.268 e. The van der Waals surface area contributed by atoms with Crippen LogP contribution in [0.2, 0.25) is 0 Å². The van der Waals surface area contributed by atoms with Gasteiger partial charge in [0.1, 0.15) is 17.3 Å². The quantitative estimate of drug-likeness (QED) is 0.423. The summed E-state index contributed by atoms with van der Waals surface area (Å²) in [4.78, 5) is 51.5. The number of aliphatic hydroxyl groups excluding tert-OH is 1. The minimum absolute atomic E-state index is 0.0266. The van der Waals surface area contributed by atoms with Crippen LogP contribution in [0.25, 0.3) is 0 Å². The van der Waals surface area contributed by atoms with Crippen LogP contribution in [0.3, 0.4) is 0 Å². The lowest BCUT2D eigenvalue weighted by Crippen LogP contribution is -2.55. The summed E-state index contributed by atoms with van der Waals surface area (Å²) in [5, 5.41) is 14.7. The normalized spacial score (nSPS) is 23.2. The molecule has 1 saturated carbocycles. The largest absolute Gasteiger partial charge is 0.394 e. The molecule has 0 radical (unpaired) electrons. The second-order valence-corrected chi connectivity index (χ2v) is 7.97. The average Bonchev–Trinajstić information content (AvgIpc) is 3.24. The van der Waals surface area contributed by atoms with Crippen molar-refractivity contribution in [2.45, 2.75) is 56.7 Å². The van der Waals surface area contributed by atoms with Crippen molar-refractivity contribution in [1.29, 1.82) is 0 Å². The Balaban J connectivity index is 1.66. The third kappa shape index (κ3) is 5.30. The first-order valence-electron chi connectivity index (χ1n) is 9.92. The minimum atomic E-state index is -1.25. The Morgan fingerprint density at radius 3 is 2.52 bits per heavy atom. The van der Waals surface area contributed by atoms with Crippen LogP contribution >= 0.6 is 0 Å². The van der Waals surface area contributed by atoms with E-state index in [-0.39, 0.29) is 11.5 Å². The Morgan fingerprint density at radius 1 is 1.24 bits per heavy atom. The zero-order valence-corrected chi connectivity index (χ0v) is 16.4. The number of hydrogen-bond acceptors (Lipinski definition) is 6. The van der Waals surface area contributed by atoms with Gasteiger partial charge in [0.2, 0.25) is 11.5 Å². The fourth-order valence-electron chi connectivity index (χ4n) is 3.71. The van der Waals surface area contributed by atoms with E-state index in [2.05, 4.69) is 15.6 Å². The number of rotatable bonds is 9. The molecule has 1 aromatic heterocycles. The molecular weight excluding hydrogens is 378 g/mol. The second-order valence-electron chi connectivity index (χ2n) is 7.97. The Kier molecular flexibility index (Phi) is 6.49. The smallest absolute Gasteiger partial charge is 0.268 e. The lowest BCUT2D eigenvalue weighted by Gasteiger charge is -2.25. The summed E-state index contributed by atoms with van der Waals surface area (Å²) in [5.74, 6) is -1.19. The van der Waals surface area contributed by atoms with Gasteiger partial charge in [-0.05, 0) is 25.3 Å². The highest BCUT2D eigenvalue weighted by molar-refractivity contribution is 5.99. The zero-order valence-electron chi connectivity index (χ0n) is 16.4. The van der Waals surface area contributed by atoms with Gasteiger partial charge in [0.05, 0.1) is 19.3 Å². The van der Waals surface area contributed by atoms with Crippen LogP contribution in [0, 0.1) is 5.92 Å². The van der Waals surface area contributed by atoms with Crippen molar-refractivity contribution in [3.05, 3.63) is 34.2 Å². The first-order chi connectivity index (χ1) is 13.8. The summed E-state index contributed by atoms with van der Waals surface area (Å²) in [6.45, 7) is 1.37. The number of nitrogens with one attached hydrogen (secondary N) is 3. The number of aliphatic hydroxyl groups is 1.